The highest BCUT2D eigenvalue weighted by molar-refractivity contribution is 5.43. The number of piperidine rings is 1. The van der Waals surface area contributed by atoms with Crippen LogP contribution < -0.4 is 10.2 Å². The molecule has 0 aliphatic carbocycles. The van der Waals surface area contributed by atoms with Gasteiger partial charge in [-0.25, -0.2) is 14.4 Å². The van der Waals surface area contributed by atoms with Crippen molar-refractivity contribution in [3.63, 3.8) is 0 Å². The summed E-state index contributed by atoms with van der Waals surface area (Å²) in [5, 5.41) is 3.26. The molecule has 100 valence electrons. The van der Waals surface area contributed by atoms with Gasteiger partial charge in [0.15, 0.2) is 11.6 Å². The summed E-state index contributed by atoms with van der Waals surface area (Å²) >= 11 is 0. The van der Waals surface area contributed by atoms with E-state index in [1.165, 1.54) is 12.7 Å². The van der Waals surface area contributed by atoms with E-state index < -0.39 is 0 Å². The summed E-state index contributed by atoms with van der Waals surface area (Å²) in [6.07, 6.45) is 4.81. The first kappa shape index (κ1) is 13.2. The summed E-state index contributed by atoms with van der Waals surface area (Å²) in [6, 6.07) is 0.618. The lowest BCUT2D eigenvalue weighted by molar-refractivity contribution is 0.375. The van der Waals surface area contributed by atoms with E-state index in [-0.39, 0.29) is 5.82 Å². The minimum Gasteiger partial charge on any atom is -0.350 e. The lowest BCUT2D eigenvalue weighted by Crippen LogP contribution is -2.51. The minimum atomic E-state index is -0.285. The Morgan fingerprint density at radius 1 is 1.44 bits per heavy atom. The summed E-state index contributed by atoms with van der Waals surface area (Å²) in [4.78, 5) is 10.1. The molecule has 1 fully saturated rings. The molecule has 2 unspecified atom stereocenters. The zero-order chi connectivity index (χ0) is 13.1. The third kappa shape index (κ3) is 2.46. The number of rotatable bonds is 3. The molecule has 18 heavy (non-hydrogen) atoms. The Kier molecular flexibility index (Phi) is 4.11. The Hall–Kier alpha value is -1.23. The number of anilines is 1. The third-order valence-electron chi connectivity index (χ3n) is 3.80. The highest BCUT2D eigenvalue weighted by Gasteiger charge is 2.29. The summed E-state index contributed by atoms with van der Waals surface area (Å²) in [6.45, 7) is 4.68. The standard InChI is InChI=1S/C13H21FN4/c1-9(15-3)11-6-4-5-7-18(11)13-12(14)10(2)16-8-17-13/h8-9,11,15H,4-7H2,1-3H3. The second-order valence-corrected chi connectivity index (χ2v) is 4.93. The molecule has 0 aromatic carbocycles. The predicted octanol–water partition coefficient (Wildman–Crippen LogP) is 1.89. The maximum atomic E-state index is 14.1. The van der Waals surface area contributed by atoms with Crippen molar-refractivity contribution >= 4 is 5.82 Å². The third-order valence-corrected chi connectivity index (χ3v) is 3.80. The number of nitrogens with one attached hydrogen (secondary N) is 1. The minimum absolute atomic E-state index is 0.285. The number of aryl methyl sites for hydroxylation is 1. The molecule has 0 bridgehead atoms. The van der Waals surface area contributed by atoms with E-state index in [0.29, 0.717) is 23.6 Å². The van der Waals surface area contributed by atoms with E-state index in [4.69, 9.17) is 0 Å². The summed E-state index contributed by atoms with van der Waals surface area (Å²) < 4.78 is 14.1. The van der Waals surface area contributed by atoms with Crippen LogP contribution in [0.2, 0.25) is 0 Å². The van der Waals surface area contributed by atoms with Crippen LogP contribution >= 0.6 is 0 Å². The summed E-state index contributed by atoms with van der Waals surface area (Å²) in [5.41, 5.74) is 0.418. The number of likely N-dealkylation sites (N-methyl/N-ethyl adjacent to an activating group) is 1. The van der Waals surface area contributed by atoms with Crippen molar-refractivity contribution in [2.45, 2.75) is 45.2 Å². The van der Waals surface area contributed by atoms with Crippen molar-refractivity contribution in [3.05, 3.63) is 17.8 Å². The zero-order valence-corrected chi connectivity index (χ0v) is 11.3. The number of aromatic nitrogens is 2. The normalized spacial score (nSPS) is 22.0. The van der Waals surface area contributed by atoms with Gasteiger partial charge < -0.3 is 10.2 Å². The van der Waals surface area contributed by atoms with E-state index in [2.05, 4.69) is 27.1 Å². The molecule has 2 rings (SSSR count). The fraction of sp³-hybridized carbons (Fsp3) is 0.692. The van der Waals surface area contributed by atoms with Gasteiger partial charge in [-0.05, 0) is 40.2 Å². The first-order valence-corrected chi connectivity index (χ1v) is 6.56. The van der Waals surface area contributed by atoms with Crippen LogP contribution in [0.4, 0.5) is 10.2 Å². The highest BCUT2D eigenvalue weighted by Crippen LogP contribution is 2.27. The molecule has 0 spiro atoms. The van der Waals surface area contributed by atoms with Gasteiger partial charge in [-0.2, -0.15) is 0 Å². The molecule has 0 saturated carbocycles. The lowest BCUT2D eigenvalue weighted by atomic mass is 9.96. The average Bonchev–Trinajstić information content (AvgIpc) is 2.41. The molecule has 1 aliphatic heterocycles. The van der Waals surface area contributed by atoms with E-state index in [1.807, 2.05) is 7.05 Å². The second-order valence-electron chi connectivity index (χ2n) is 4.93. The molecule has 1 aromatic rings. The van der Waals surface area contributed by atoms with Gasteiger partial charge in [-0.1, -0.05) is 0 Å². The van der Waals surface area contributed by atoms with E-state index in [9.17, 15) is 4.39 Å². The van der Waals surface area contributed by atoms with E-state index >= 15 is 0 Å². The number of nitrogens with zero attached hydrogens (tertiary/aromatic N) is 3. The molecule has 5 heteroatoms. The molecule has 1 N–H and O–H groups in total. The summed E-state index contributed by atoms with van der Waals surface area (Å²) in [5.74, 6) is 0.169. The van der Waals surface area contributed by atoms with Gasteiger partial charge in [0.25, 0.3) is 0 Å². The monoisotopic (exact) mass is 252 g/mol. The highest BCUT2D eigenvalue weighted by atomic mass is 19.1. The molecule has 4 nitrogen and oxygen atoms in total. The van der Waals surface area contributed by atoms with Crippen LogP contribution in [0.3, 0.4) is 0 Å². The lowest BCUT2D eigenvalue weighted by Gasteiger charge is -2.40. The van der Waals surface area contributed by atoms with Gasteiger partial charge in [0.1, 0.15) is 6.33 Å². The first-order valence-electron chi connectivity index (χ1n) is 6.56. The van der Waals surface area contributed by atoms with Gasteiger partial charge in [0.2, 0.25) is 0 Å². The van der Waals surface area contributed by atoms with Crippen LogP contribution in [-0.4, -0.2) is 35.6 Å². The predicted molar refractivity (Wildman–Crippen MR) is 70.2 cm³/mol. The van der Waals surface area contributed by atoms with Crippen molar-refractivity contribution in [1.29, 1.82) is 0 Å². The molecule has 1 aliphatic rings. The molecule has 2 atom stereocenters. The molecular weight excluding hydrogens is 231 g/mol. The number of hydrogen-bond acceptors (Lipinski definition) is 4. The number of hydrogen-bond donors (Lipinski definition) is 1. The van der Waals surface area contributed by atoms with Crippen molar-refractivity contribution < 1.29 is 4.39 Å². The number of halogens is 1. The van der Waals surface area contributed by atoms with Gasteiger partial charge in [0, 0.05) is 18.6 Å². The Morgan fingerprint density at radius 3 is 2.94 bits per heavy atom. The van der Waals surface area contributed by atoms with Gasteiger partial charge in [-0.3, -0.25) is 0 Å². The van der Waals surface area contributed by atoms with Crippen LogP contribution in [0.1, 0.15) is 31.9 Å². The van der Waals surface area contributed by atoms with Crippen molar-refractivity contribution in [3.8, 4) is 0 Å². The SMILES string of the molecule is CNC(C)C1CCCCN1c1ncnc(C)c1F. The molecule has 1 saturated heterocycles. The van der Waals surface area contributed by atoms with Crippen LogP contribution in [0.5, 0.6) is 0 Å². The Morgan fingerprint density at radius 2 is 2.22 bits per heavy atom. The fourth-order valence-corrected chi connectivity index (χ4v) is 2.58. The smallest absolute Gasteiger partial charge is 0.186 e. The Labute approximate surface area is 108 Å². The largest absolute Gasteiger partial charge is 0.350 e. The van der Waals surface area contributed by atoms with Crippen LogP contribution in [0.15, 0.2) is 6.33 Å². The quantitative estimate of drug-likeness (QED) is 0.892. The van der Waals surface area contributed by atoms with Gasteiger partial charge in [0.05, 0.1) is 5.69 Å². The van der Waals surface area contributed by atoms with Crippen LogP contribution in [0.25, 0.3) is 0 Å². The molecule has 0 amide bonds. The second kappa shape index (κ2) is 5.61. The Bertz CT molecular complexity index is 410. The van der Waals surface area contributed by atoms with Crippen molar-refractivity contribution in [2.75, 3.05) is 18.5 Å². The molecular formula is C13H21FN4. The van der Waals surface area contributed by atoms with Crippen molar-refractivity contribution in [2.24, 2.45) is 0 Å². The van der Waals surface area contributed by atoms with E-state index in [0.717, 1.165) is 19.4 Å². The van der Waals surface area contributed by atoms with Gasteiger partial charge in [-0.15, -0.1) is 0 Å². The fourth-order valence-electron chi connectivity index (χ4n) is 2.58. The Balaban J connectivity index is 2.31. The maximum absolute atomic E-state index is 14.1. The van der Waals surface area contributed by atoms with Crippen molar-refractivity contribution in [1.82, 2.24) is 15.3 Å². The summed E-state index contributed by atoms with van der Waals surface area (Å²) in [7, 11) is 1.94. The first-order chi connectivity index (χ1) is 8.65. The maximum Gasteiger partial charge on any atom is 0.186 e. The zero-order valence-electron chi connectivity index (χ0n) is 11.3. The van der Waals surface area contributed by atoms with E-state index in [1.54, 1.807) is 6.92 Å². The molecule has 0 radical (unpaired) electrons. The van der Waals surface area contributed by atoms with Crippen LogP contribution in [-0.2, 0) is 0 Å². The van der Waals surface area contributed by atoms with Gasteiger partial charge >= 0.3 is 0 Å². The molecule has 2 heterocycles. The molecule has 1 aromatic heterocycles. The topological polar surface area (TPSA) is 41.0 Å². The van der Waals surface area contributed by atoms with Crippen LogP contribution in [0, 0.1) is 12.7 Å². The average molecular weight is 252 g/mol.